The van der Waals surface area contributed by atoms with Crippen molar-refractivity contribution in [2.45, 2.75) is 38.3 Å². The Hall–Kier alpha value is -0.800. The highest BCUT2D eigenvalue weighted by Crippen LogP contribution is 2.18. The van der Waals surface area contributed by atoms with Crippen LogP contribution in [0.2, 0.25) is 0 Å². The van der Waals surface area contributed by atoms with Crippen molar-refractivity contribution < 1.29 is 9.15 Å². The number of piperidine rings is 1. The quantitative estimate of drug-likeness (QED) is 0.827. The minimum atomic E-state index is 0.0590. The number of ether oxygens (including phenoxy) is 1. The van der Waals surface area contributed by atoms with Crippen LogP contribution in [0.25, 0.3) is 0 Å². The standard InChI is InChI=1S/C12H19NO2/c1-10(12-6-4-8-14-12)15-9-11-5-2-3-7-13-11/h4,6,8,10-11,13H,2-3,5,7,9H2,1H3/t10-,11+/m0/s1. The molecule has 1 aromatic rings. The number of rotatable bonds is 4. The highest BCUT2D eigenvalue weighted by molar-refractivity contribution is 5.00. The summed E-state index contributed by atoms with van der Waals surface area (Å²) in [6.45, 7) is 3.94. The Bertz CT molecular complexity index is 265. The van der Waals surface area contributed by atoms with E-state index in [0.717, 1.165) is 18.9 Å². The van der Waals surface area contributed by atoms with Crippen molar-refractivity contribution in [3.05, 3.63) is 24.2 Å². The third-order valence-electron chi connectivity index (χ3n) is 2.90. The van der Waals surface area contributed by atoms with Crippen molar-refractivity contribution in [1.82, 2.24) is 5.32 Å². The van der Waals surface area contributed by atoms with Gasteiger partial charge in [-0.25, -0.2) is 0 Å². The molecule has 0 radical (unpaired) electrons. The van der Waals surface area contributed by atoms with Crippen LogP contribution < -0.4 is 5.32 Å². The third-order valence-corrected chi connectivity index (χ3v) is 2.90. The van der Waals surface area contributed by atoms with E-state index in [1.807, 2.05) is 19.1 Å². The van der Waals surface area contributed by atoms with Crippen LogP contribution in [0.3, 0.4) is 0 Å². The van der Waals surface area contributed by atoms with Crippen molar-refractivity contribution >= 4 is 0 Å². The van der Waals surface area contributed by atoms with E-state index in [1.54, 1.807) is 6.26 Å². The first-order valence-corrected chi connectivity index (χ1v) is 5.74. The summed E-state index contributed by atoms with van der Waals surface area (Å²) in [4.78, 5) is 0. The van der Waals surface area contributed by atoms with Crippen molar-refractivity contribution in [3.8, 4) is 0 Å². The van der Waals surface area contributed by atoms with Gasteiger partial charge >= 0.3 is 0 Å². The number of furan rings is 1. The van der Waals surface area contributed by atoms with Gasteiger partial charge < -0.3 is 14.5 Å². The molecule has 3 heteroatoms. The monoisotopic (exact) mass is 209 g/mol. The smallest absolute Gasteiger partial charge is 0.132 e. The highest BCUT2D eigenvalue weighted by Gasteiger charge is 2.15. The van der Waals surface area contributed by atoms with E-state index in [-0.39, 0.29) is 6.10 Å². The van der Waals surface area contributed by atoms with E-state index in [9.17, 15) is 0 Å². The Balaban J connectivity index is 1.73. The second-order valence-corrected chi connectivity index (χ2v) is 4.14. The Labute approximate surface area is 90.8 Å². The molecule has 1 N–H and O–H groups in total. The third kappa shape index (κ3) is 3.08. The molecule has 1 aliphatic rings. The maximum Gasteiger partial charge on any atom is 0.132 e. The van der Waals surface area contributed by atoms with Crippen LogP contribution in [-0.2, 0) is 4.74 Å². The highest BCUT2D eigenvalue weighted by atomic mass is 16.5. The number of nitrogens with one attached hydrogen (secondary N) is 1. The lowest BCUT2D eigenvalue weighted by Gasteiger charge is -2.24. The summed E-state index contributed by atoms with van der Waals surface area (Å²) in [7, 11) is 0. The fourth-order valence-corrected chi connectivity index (χ4v) is 1.93. The normalized spacial score (nSPS) is 23.9. The SMILES string of the molecule is C[C@H](OC[C@H]1CCCCN1)c1ccco1. The van der Waals surface area contributed by atoms with E-state index < -0.39 is 0 Å². The van der Waals surface area contributed by atoms with E-state index in [0.29, 0.717) is 6.04 Å². The summed E-state index contributed by atoms with van der Waals surface area (Å²) in [5.74, 6) is 0.908. The van der Waals surface area contributed by atoms with Crippen LogP contribution >= 0.6 is 0 Å². The number of hydrogen-bond donors (Lipinski definition) is 1. The van der Waals surface area contributed by atoms with Gasteiger partial charge in [0, 0.05) is 6.04 Å². The topological polar surface area (TPSA) is 34.4 Å². The molecule has 1 saturated heterocycles. The summed E-state index contributed by atoms with van der Waals surface area (Å²) in [6, 6.07) is 4.38. The molecule has 0 saturated carbocycles. The molecule has 0 unspecified atom stereocenters. The van der Waals surface area contributed by atoms with Gasteiger partial charge in [0.05, 0.1) is 12.9 Å². The lowest BCUT2D eigenvalue weighted by Crippen LogP contribution is -2.37. The zero-order valence-electron chi connectivity index (χ0n) is 9.24. The summed E-state index contributed by atoms with van der Waals surface area (Å²) in [5.41, 5.74) is 0. The molecule has 2 atom stereocenters. The summed E-state index contributed by atoms with van der Waals surface area (Å²) in [6.07, 6.45) is 5.59. The Morgan fingerprint density at radius 3 is 3.20 bits per heavy atom. The molecule has 1 aromatic heterocycles. The van der Waals surface area contributed by atoms with Gasteiger partial charge in [0.2, 0.25) is 0 Å². The van der Waals surface area contributed by atoms with Crippen molar-refractivity contribution in [2.24, 2.45) is 0 Å². The summed E-state index contributed by atoms with van der Waals surface area (Å²) in [5, 5.41) is 3.46. The van der Waals surface area contributed by atoms with Gasteiger partial charge in [-0.15, -0.1) is 0 Å². The van der Waals surface area contributed by atoms with Crippen LogP contribution in [-0.4, -0.2) is 19.2 Å². The first-order valence-electron chi connectivity index (χ1n) is 5.74. The molecule has 1 fully saturated rings. The summed E-state index contributed by atoms with van der Waals surface area (Å²) < 4.78 is 11.1. The molecule has 0 amide bonds. The van der Waals surface area contributed by atoms with Crippen molar-refractivity contribution in [2.75, 3.05) is 13.2 Å². The second kappa shape index (κ2) is 5.33. The van der Waals surface area contributed by atoms with Gasteiger partial charge in [-0.2, -0.15) is 0 Å². The lowest BCUT2D eigenvalue weighted by atomic mass is 10.1. The van der Waals surface area contributed by atoms with Gasteiger partial charge in [-0.1, -0.05) is 6.42 Å². The zero-order valence-corrected chi connectivity index (χ0v) is 9.24. The Morgan fingerprint density at radius 2 is 2.53 bits per heavy atom. The fraction of sp³-hybridized carbons (Fsp3) is 0.667. The zero-order chi connectivity index (χ0) is 10.5. The lowest BCUT2D eigenvalue weighted by molar-refractivity contribution is 0.0314. The molecular weight excluding hydrogens is 190 g/mol. The van der Waals surface area contributed by atoms with E-state index >= 15 is 0 Å². The van der Waals surface area contributed by atoms with Crippen molar-refractivity contribution in [3.63, 3.8) is 0 Å². The van der Waals surface area contributed by atoms with Gasteiger partial charge in [-0.05, 0) is 38.4 Å². The predicted octanol–water partition coefficient (Wildman–Crippen LogP) is 2.50. The molecule has 0 aliphatic carbocycles. The largest absolute Gasteiger partial charge is 0.467 e. The maximum atomic E-state index is 5.77. The Morgan fingerprint density at radius 1 is 1.60 bits per heavy atom. The number of hydrogen-bond acceptors (Lipinski definition) is 3. The van der Waals surface area contributed by atoms with Gasteiger partial charge in [0.15, 0.2) is 0 Å². The molecule has 0 spiro atoms. The van der Waals surface area contributed by atoms with E-state index in [2.05, 4.69) is 5.32 Å². The summed E-state index contributed by atoms with van der Waals surface area (Å²) >= 11 is 0. The minimum Gasteiger partial charge on any atom is -0.467 e. The average molecular weight is 209 g/mol. The van der Waals surface area contributed by atoms with Crippen LogP contribution in [0.15, 0.2) is 22.8 Å². The molecular formula is C12H19NO2. The van der Waals surface area contributed by atoms with Gasteiger partial charge in [0.25, 0.3) is 0 Å². The molecule has 15 heavy (non-hydrogen) atoms. The van der Waals surface area contributed by atoms with Crippen LogP contribution in [0.5, 0.6) is 0 Å². The van der Waals surface area contributed by atoms with E-state index in [1.165, 1.54) is 19.3 Å². The fourth-order valence-electron chi connectivity index (χ4n) is 1.93. The first-order chi connectivity index (χ1) is 7.36. The average Bonchev–Trinajstić information content (AvgIpc) is 2.81. The van der Waals surface area contributed by atoms with Crippen LogP contribution in [0.4, 0.5) is 0 Å². The minimum absolute atomic E-state index is 0.0590. The van der Waals surface area contributed by atoms with Crippen molar-refractivity contribution in [1.29, 1.82) is 0 Å². The molecule has 0 bridgehead atoms. The van der Waals surface area contributed by atoms with E-state index in [4.69, 9.17) is 9.15 Å². The molecule has 2 heterocycles. The Kier molecular flexibility index (Phi) is 3.80. The maximum absolute atomic E-state index is 5.77. The van der Waals surface area contributed by atoms with Crippen LogP contribution in [0, 0.1) is 0 Å². The van der Waals surface area contributed by atoms with Gasteiger partial charge in [-0.3, -0.25) is 0 Å². The van der Waals surface area contributed by atoms with Crippen LogP contribution in [0.1, 0.15) is 38.1 Å². The molecule has 1 aliphatic heterocycles. The first kappa shape index (κ1) is 10.7. The molecule has 3 nitrogen and oxygen atoms in total. The second-order valence-electron chi connectivity index (χ2n) is 4.14. The molecule has 84 valence electrons. The molecule has 0 aromatic carbocycles. The molecule has 2 rings (SSSR count). The van der Waals surface area contributed by atoms with Gasteiger partial charge in [0.1, 0.15) is 11.9 Å². The predicted molar refractivity (Wildman–Crippen MR) is 58.7 cm³/mol.